The van der Waals surface area contributed by atoms with Crippen LogP contribution in [-0.4, -0.2) is 23.7 Å². The Morgan fingerprint density at radius 1 is 1.20 bits per heavy atom. The summed E-state index contributed by atoms with van der Waals surface area (Å²) in [5, 5.41) is 0. The lowest BCUT2D eigenvalue weighted by molar-refractivity contribution is -0.969. The Balaban J connectivity index is 2.63. The smallest absolute Gasteiger partial charge is 0.103 e. The van der Waals surface area contributed by atoms with Crippen LogP contribution in [0.15, 0.2) is 0 Å². The van der Waals surface area contributed by atoms with E-state index in [-0.39, 0.29) is 0 Å². The predicted octanol–water partition coefficient (Wildman–Crippen LogP) is 1.27. The number of nitrogens with two attached hydrogens (primary N) is 1. The maximum Gasteiger partial charge on any atom is 0.103 e. The minimum atomic E-state index is 0.642. The molecule has 0 aromatic rings. The largest absolute Gasteiger partial charge is 0.246 e. The van der Waals surface area contributed by atoms with Crippen LogP contribution in [0.5, 0.6) is 0 Å². The van der Waals surface area contributed by atoms with E-state index in [1.165, 1.54) is 19.3 Å². The summed E-state index contributed by atoms with van der Waals surface area (Å²) in [5.74, 6) is 6.10. The van der Waals surface area contributed by atoms with Gasteiger partial charge in [0, 0.05) is 12.8 Å². The molecule has 0 amide bonds. The van der Waals surface area contributed by atoms with E-state index in [9.17, 15) is 0 Å². The van der Waals surface area contributed by atoms with Gasteiger partial charge >= 0.3 is 0 Å². The molecule has 2 heteroatoms. The molecule has 1 aliphatic rings. The van der Waals surface area contributed by atoms with Crippen LogP contribution in [0, 0.1) is 0 Å². The van der Waals surface area contributed by atoms with Crippen molar-refractivity contribution in [2.75, 3.05) is 7.05 Å². The molecule has 1 heterocycles. The van der Waals surface area contributed by atoms with Crippen molar-refractivity contribution in [1.82, 2.24) is 0 Å². The number of hydrogen-bond donors (Lipinski definition) is 1. The van der Waals surface area contributed by atoms with Crippen LogP contribution in [-0.2, 0) is 0 Å². The third-order valence-corrected chi connectivity index (χ3v) is 3.14. The molecule has 2 N–H and O–H groups in total. The molecule has 1 saturated heterocycles. The first-order valence-electron chi connectivity index (χ1n) is 4.19. The second-order valence-electron chi connectivity index (χ2n) is 3.85. The Bertz CT molecular complexity index is 108. The first-order valence-corrected chi connectivity index (χ1v) is 4.19. The maximum atomic E-state index is 6.10. The van der Waals surface area contributed by atoms with Gasteiger partial charge in [0.1, 0.15) is 12.1 Å². The van der Waals surface area contributed by atoms with Crippen molar-refractivity contribution in [2.24, 2.45) is 5.84 Å². The number of nitrogens with zero attached hydrogens (tertiary/aromatic N) is 1. The SMILES string of the molecule is C[C@@H]1CCC[C@H](C)[N+]1(C)N. The molecular weight excluding hydrogens is 124 g/mol. The monoisotopic (exact) mass is 143 g/mol. The average molecular weight is 143 g/mol. The zero-order valence-electron chi connectivity index (χ0n) is 7.30. The van der Waals surface area contributed by atoms with Gasteiger partial charge in [-0.2, -0.15) is 5.84 Å². The number of hydrogen-bond acceptors (Lipinski definition) is 1. The third-order valence-electron chi connectivity index (χ3n) is 3.14. The zero-order valence-corrected chi connectivity index (χ0v) is 7.30. The predicted molar refractivity (Wildman–Crippen MR) is 43.1 cm³/mol. The van der Waals surface area contributed by atoms with Crippen molar-refractivity contribution in [1.29, 1.82) is 0 Å². The molecule has 1 unspecified atom stereocenters. The van der Waals surface area contributed by atoms with Gasteiger partial charge in [-0.05, 0) is 20.3 Å². The number of piperidine rings is 1. The number of rotatable bonds is 0. The molecule has 10 heavy (non-hydrogen) atoms. The highest BCUT2D eigenvalue weighted by atomic mass is 15.6. The fraction of sp³-hybridized carbons (Fsp3) is 1.00. The summed E-state index contributed by atoms with van der Waals surface area (Å²) in [4.78, 5) is 0. The Labute approximate surface area is 63.6 Å². The molecule has 1 fully saturated rings. The molecule has 2 nitrogen and oxygen atoms in total. The second kappa shape index (κ2) is 2.51. The van der Waals surface area contributed by atoms with Gasteiger partial charge in [-0.3, -0.25) is 0 Å². The Kier molecular flexibility index (Phi) is 2.02. The maximum absolute atomic E-state index is 6.10. The van der Waals surface area contributed by atoms with Crippen LogP contribution >= 0.6 is 0 Å². The van der Waals surface area contributed by atoms with E-state index in [4.69, 9.17) is 5.84 Å². The van der Waals surface area contributed by atoms with Crippen molar-refractivity contribution in [2.45, 2.75) is 45.2 Å². The second-order valence-corrected chi connectivity index (χ2v) is 3.85. The highest BCUT2D eigenvalue weighted by Gasteiger charge is 2.35. The van der Waals surface area contributed by atoms with Crippen LogP contribution < -0.4 is 5.84 Å². The lowest BCUT2D eigenvalue weighted by Gasteiger charge is -2.43. The van der Waals surface area contributed by atoms with Gasteiger partial charge in [-0.25, -0.2) is 4.59 Å². The first-order chi connectivity index (χ1) is 4.55. The van der Waals surface area contributed by atoms with Crippen molar-refractivity contribution < 1.29 is 4.59 Å². The summed E-state index contributed by atoms with van der Waals surface area (Å²) >= 11 is 0. The van der Waals surface area contributed by atoms with Crippen molar-refractivity contribution >= 4 is 0 Å². The Morgan fingerprint density at radius 2 is 1.60 bits per heavy atom. The van der Waals surface area contributed by atoms with E-state index >= 15 is 0 Å². The standard InChI is InChI=1S/C8H19N2/c1-7-5-4-6-8(2)10(7,3)9/h7-8H,4-6,9H2,1-3H3/q+1/t7-,8+,10?. The fourth-order valence-electron chi connectivity index (χ4n) is 1.70. The lowest BCUT2D eigenvalue weighted by Crippen LogP contribution is -2.63. The van der Waals surface area contributed by atoms with E-state index in [1.807, 2.05) is 0 Å². The molecule has 60 valence electrons. The van der Waals surface area contributed by atoms with Crippen LogP contribution in [0.25, 0.3) is 0 Å². The minimum Gasteiger partial charge on any atom is -0.246 e. The summed E-state index contributed by atoms with van der Waals surface area (Å²) in [6.45, 7) is 4.49. The molecule has 3 atom stereocenters. The highest BCUT2D eigenvalue weighted by Crippen LogP contribution is 2.24. The van der Waals surface area contributed by atoms with Crippen molar-refractivity contribution in [3.63, 3.8) is 0 Å². The fourth-order valence-corrected chi connectivity index (χ4v) is 1.70. The van der Waals surface area contributed by atoms with Gasteiger partial charge in [0.25, 0.3) is 0 Å². The minimum absolute atomic E-state index is 0.642. The molecule has 0 saturated carbocycles. The van der Waals surface area contributed by atoms with E-state index in [1.54, 1.807) is 0 Å². The first kappa shape index (κ1) is 8.02. The van der Waals surface area contributed by atoms with E-state index in [0.29, 0.717) is 12.1 Å². The molecule has 0 aromatic heterocycles. The topological polar surface area (TPSA) is 26.0 Å². The van der Waals surface area contributed by atoms with Crippen LogP contribution in [0.4, 0.5) is 0 Å². The highest BCUT2D eigenvalue weighted by molar-refractivity contribution is 4.64. The normalized spacial score (nSPS) is 49.2. The molecular formula is C8H19N2+. The molecule has 0 radical (unpaired) electrons. The van der Waals surface area contributed by atoms with Crippen molar-refractivity contribution in [3.05, 3.63) is 0 Å². The van der Waals surface area contributed by atoms with Crippen LogP contribution in [0.1, 0.15) is 33.1 Å². The van der Waals surface area contributed by atoms with Gasteiger partial charge in [0.05, 0.1) is 7.05 Å². The summed E-state index contributed by atoms with van der Waals surface area (Å²) in [6, 6.07) is 1.28. The van der Waals surface area contributed by atoms with Crippen LogP contribution in [0.2, 0.25) is 0 Å². The summed E-state index contributed by atoms with van der Waals surface area (Å²) in [6.07, 6.45) is 3.93. The quantitative estimate of drug-likeness (QED) is 0.401. The molecule has 0 aromatic carbocycles. The zero-order chi connectivity index (χ0) is 7.78. The van der Waals surface area contributed by atoms with Gasteiger partial charge in [-0.15, -0.1) is 0 Å². The van der Waals surface area contributed by atoms with Crippen molar-refractivity contribution in [3.8, 4) is 0 Å². The molecule has 0 bridgehead atoms. The summed E-state index contributed by atoms with van der Waals surface area (Å²) < 4.78 is 0.722. The molecule has 0 aliphatic carbocycles. The number of likely N-dealkylation sites (tertiary alicyclic amines) is 1. The lowest BCUT2D eigenvalue weighted by atomic mass is 9.97. The molecule has 1 aliphatic heterocycles. The van der Waals surface area contributed by atoms with Gasteiger partial charge < -0.3 is 0 Å². The van der Waals surface area contributed by atoms with E-state index < -0.39 is 0 Å². The average Bonchev–Trinajstić information content (AvgIpc) is 1.84. The Hall–Kier alpha value is -0.0800. The van der Waals surface area contributed by atoms with Gasteiger partial charge in [0.2, 0.25) is 0 Å². The van der Waals surface area contributed by atoms with Crippen LogP contribution in [0.3, 0.4) is 0 Å². The Morgan fingerprint density at radius 3 is 1.90 bits per heavy atom. The van der Waals surface area contributed by atoms with E-state index in [0.717, 1.165) is 4.59 Å². The van der Waals surface area contributed by atoms with E-state index in [2.05, 4.69) is 20.9 Å². The van der Waals surface area contributed by atoms with Gasteiger partial charge in [-0.1, -0.05) is 0 Å². The van der Waals surface area contributed by atoms with Gasteiger partial charge in [0.15, 0.2) is 0 Å². The molecule has 0 spiro atoms. The number of quaternary nitrogens is 1. The summed E-state index contributed by atoms with van der Waals surface area (Å²) in [5.41, 5.74) is 0. The summed E-state index contributed by atoms with van der Waals surface area (Å²) in [7, 11) is 2.13. The third kappa shape index (κ3) is 1.18. The molecule has 1 rings (SSSR count).